The maximum absolute atomic E-state index is 14.0. The summed E-state index contributed by atoms with van der Waals surface area (Å²) in [6.45, 7) is 31.7. The van der Waals surface area contributed by atoms with Crippen molar-refractivity contribution < 1.29 is 42.1 Å². The first-order valence-electron chi connectivity index (χ1n) is 15.3. The molecule has 0 spiro atoms. The Bertz CT molecular complexity index is 1110. The molecule has 42 heavy (non-hydrogen) atoms. The Morgan fingerprint density at radius 2 is 1.52 bits per heavy atom. The fourth-order valence-corrected chi connectivity index (χ4v) is 11.4. The molecular formula is C30H54O9Si3. The second-order valence-electron chi connectivity index (χ2n) is 16.6. The van der Waals surface area contributed by atoms with E-state index in [1.165, 1.54) is 0 Å². The summed E-state index contributed by atoms with van der Waals surface area (Å²) in [6, 6.07) is 0.992. The first kappa shape index (κ1) is 34.2. The Labute approximate surface area is 255 Å². The van der Waals surface area contributed by atoms with Crippen LogP contribution in [0.15, 0.2) is 12.2 Å². The van der Waals surface area contributed by atoms with Crippen molar-refractivity contribution in [2.75, 3.05) is 13.4 Å². The molecule has 0 amide bonds. The molecule has 2 saturated carbocycles. The lowest BCUT2D eigenvalue weighted by atomic mass is 9.72. The summed E-state index contributed by atoms with van der Waals surface area (Å²) < 4.78 is 45.8. The summed E-state index contributed by atoms with van der Waals surface area (Å²) in [4.78, 5) is 27.9. The molecule has 0 bridgehead atoms. The summed E-state index contributed by atoms with van der Waals surface area (Å²) in [7, 11) is -5.87. The summed E-state index contributed by atoms with van der Waals surface area (Å²) in [6.07, 6.45) is -2.02. The molecule has 9 nitrogen and oxygen atoms in total. The zero-order chi connectivity index (χ0) is 31.9. The first-order chi connectivity index (χ1) is 18.9. The van der Waals surface area contributed by atoms with Gasteiger partial charge in [0.1, 0.15) is 19.0 Å². The van der Waals surface area contributed by atoms with Gasteiger partial charge in [-0.3, -0.25) is 4.79 Å². The third-order valence-corrected chi connectivity index (χ3v) is 12.5. The number of carbonyl (C=O) groups is 2. The molecule has 12 heteroatoms. The van der Waals surface area contributed by atoms with Gasteiger partial charge in [0.05, 0.1) is 11.7 Å². The highest BCUT2D eigenvalue weighted by Crippen LogP contribution is 2.63. The third kappa shape index (κ3) is 6.09. The van der Waals surface area contributed by atoms with Gasteiger partial charge in [-0.05, 0) is 78.6 Å². The van der Waals surface area contributed by atoms with Crippen LogP contribution >= 0.6 is 0 Å². The monoisotopic (exact) mass is 642 g/mol. The quantitative estimate of drug-likeness (QED) is 0.101. The highest BCUT2D eigenvalue weighted by molar-refractivity contribution is 6.76. The number of hydrogen-bond acceptors (Lipinski definition) is 9. The lowest BCUT2D eigenvalue weighted by Gasteiger charge is -2.57. The van der Waals surface area contributed by atoms with Crippen LogP contribution in [0.2, 0.25) is 65.0 Å². The van der Waals surface area contributed by atoms with Crippen LogP contribution in [0.3, 0.4) is 0 Å². The van der Waals surface area contributed by atoms with E-state index in [0.717, 1.165) is 6.04 Å². The van der Waals surface area contributed by atoms with Crippen molar-refractivity contribution >= 4 is 36.5 Å². The van der Waals surface area contributed by atoms with E-state index in [1.807, 2.05) is 20.8 Å². The number of ether oxygens (including phenoxy) is 5. The van der Waals surface area contributed by atoms with E-state index in [9.17, 15) is 9.59 Å². The number of esters is 1. The number of Topliss-reactive ketones (excluding diaryl/α,β-unsaturated/α-hetero) is 1. The third-order valence-electron chi connectivity index (χ3n) is 8.80. The van der Waals surface area contributed by atoms with Gasteiger partial charge in [-0.2, -0.15) is 0 Å². The van der Waals surface area contributed by atoms with E-state index >= 15 is 0 Å². The molecule has 4 fully saturated rings. The molecule has 0 unspecified atom stereocenters. The molecule has 240 valence electrons. The van der Waals surface area contributed by atoms with E-state index in [2.05, 4.69) is 65.5 Å². The van der Waals surface area contributed by atoms with Crippen LogP contribution in [0, 0.1) is 11.8 Å². The highest BCUT2D eigenvalue weighted by Gasteiger charge is 2.81. The standard InChI is InChI=1S/C30H54O9Si3/c1-19-21-22(24(23(19)31)34-18-33-15-16-40(6,7)8)28(4,38-41(9,10)11)17-20-30(39-42(12,13)14)25(21)35-26(32)29(30,5)37-27(2,3)36-20/h20-22,24-25H,1,15-18H2,2-14H3/t20-,21+,22+,24-,25-,28-,29+,30+/m0/s1. The summed E-state index contributed by atoms with van der Waals surface area (Å²) in [5, 5.41) is 0. The van der Waals surface area contributed by atoms with Gasteiger partial charge in [0, 0.05) is 32.9 Å². The minimum atomic E-state index is -2.38. The molecule has 0 N–H and O–H groups in total. The molecule has 2 aliphatic heterocycles. The molecule has 2 heterocycles. The lowest BCUT2D eigenvalue weighted by Crippen LogP contribution is -2.75. The zero-order valence-electron chi connectivity index (χ0n) is 28.1. The van der Waals surface area contributed by atoms with E-state index < -0.39 is 83.4 Å². The highest BCUT2D eigenvalue weighted by atomic mass is 28.4. The van der Waals surface area contributed by atoms with Crippen LogP contribution in [0.4, 0.5) is 0 Å². The minimum Gasteiger partial charge on any atom is -0.456 e. The van der Waals surface area contributed by atoms with E-state index in [0.29, 0.717) is 18.6 Å². The normalized spacial score (nSPS) is 40.0. The Morgan fingerprint density at radius 3 is 2.07 bits per heavy atom. The van der Waals surface area contributed by atoms with Crippen molar-refractivity contribution in [3.05, 3.63) is 12.2 Å². The van der Waals surface area contributed by atoms with Crippen molar-refractivity contribution in [2.24, 2.45) is 11.8 Å². The molecule has 0 aromatic rings. The van der Waals surface area contributed by atoms with Gasteiger partial charge in [-0.15, -0.1) is 0 Å². The number of hydrogen-bond donors (Lipinski definition) is 0. The Kier molecular flexibility index (Phi) is 8.69. The van der Waals surface area contributed by atoms with Crippen molar-refractivity contribution in [1.82, 2.24) is 0 Å². The number of ketones is 1. The summed E-state index contributed by atoms with van der Waals surface area (Å²) in [5.41, 5.74) is -3.33. The predicted molar refractivity (Wildman–Crippen MR) is 168 cm³/mol. The van der Waals surface area contributed by atoms with Crippen LogP contribution in [-0.4, -0.2) is 90.8 Å². The van der Waals surface area contributed by atoms with Crippen LogP contribution in [0.5, 0.6) is 0 Å². The Morgan fingerprint density at radius 1 is 0.929 bits per heavy atom. The van der Waals surface area contributed by atoms with Gasteiger partial charge < -0.3 is 32.5 Å². The number of rotatable bonds is 10. The van der Waals surface area contributed by atoms with Crippen LogP contribution in [-0.2, 0) is 42.1 Å². The molecular weight excluding hydrogens is 589 g/mol. The van der Waals surface area contributed by atoms with Crippen molar-refractivity contribution in [2.45, 2.75) is 140 Å². The van der Waals surface area contributed by atoms with Gasteiger partial charge in [0.25, 0.3) is 0 Å². The second kappa shape index (κ2) is 10.7. The maximum atomic E-state index is 14.0. The second-order valence-corrected chi connectivity index (χ2v) is 31.1. The van der Waals surface area contributed by atoms with E-state index in [1.54, 1.807) is 6.92 Å². The lowest BCUT2D eigenvalue weighted by molar-refractivity contribution is -0.379. The largest absolute Gasteiger partial charge is 0.456 e. The van der Waals surface area contributed by atoms with Gasteiger partial charge in [-0.25, -0.2) is 4.79 Å². The zero-order valence-corrected chi connectivity index (χ0v) is 31.1. The van der Waals surface area contributed by atoms with Crippen LogP contribution < -0.4 is 0 Å². The van der Waals surface area contributed by atoms with Crippen molar-refractivity contribution in [3.8, 4) is 0 Å². The molecule has 0 aromatic carbocycles. The average Bonchev–Trinajstić information content (AvgIpc) is 3.09. The molecule has 4 rings (SSSR count). The predicted octanol–water partition coefficient (Wildman–Crippen LogP) is 5.50. The van der Waals surface area contributed by atoms with Gasteiger partial charge in [0.2, 0.25) is 0 Å². The molecule has 2 aliphatic carbocycles. The molecule has 0 aromatic heterocycles. The summed E-state index contributed by atoms with van der Waals surface area (Å²) >= 11 is 0. The Hall–Kier alpha value is -0.709. The van der Waals surface area contributed by atoms with Crippen molar-refractivity contribution in [1.29, 1.82) is 0 Å². The maximum Gasteiger partial charge on any atom is 0.341 e. The molecule has 4 aliphatic rings. The average molecular weight is 643 g/mol. The SMILES string of the molecule is C=C1C(=O)[C@@H](OCOCC[Si](C)(C)C)[C@H]2[C@@H]1[C@@H]1OC(=O)[C@@]3(C)OC(C)(C)O[C@@H](C[C@]2(C)O[Si](C)(C)C)[C@@]13O[Si](C)(C)C. The van der Waals surface area contributed by atoms with Crippen LogP contribution in [0.1, 0.15) is 34.1 Å². The molecule has 2 saturated heterocycles. The summed E-state index contributed by atoms with van der Waals surface area (Å²) in [5.74, 6) is -2.95. The molecule has 8 atom stereocenters. The Balaban J connectivity index is 1.86. The molecule has 0 radical (unpaired) electrons. The minimum absolute atomic E-state index is 0.0186. The fourth-order valence-electron chi connectivity index (χ4n) is 7.60. The van der Waals surface area contributed by atoms with Gasteiger partial charge >= 0.3 is 5.97 Å². The van der Waals surface area contributed by atoms with Gasteiger partial charge in [0.15, 0.2) is 39.4 Å². The number of carbonyl (C=O) groups excluding carboxylic acids is 2. The van der Waals surface area contributed by atoms with Gasteiger partial charge in [-0.1, -0.05) is 26.2 Å². The van der Waals surface area contributed by atoms with E-state index in [4.69, 9.17) is 32.5 Å². The van der Waals surface area contributed by atoms with Crippen molar-refractivity contribution in [3.63, 3.8) is 0 Å². The van der Waals surface area contributed by atoms with E-state index in [-0.39, 0.29) is 12.6 Å². The van der Waals surface area contributed by atoms with Crippen LogP contribution in [0.25, 0.3) is 0 Å². The topological polar surface area (TPSA) is 98.8 Å². The smallest absolute Gasteiger partial charge is 0.341 e. The fraction of sp³-hybridized carbons (Fsp3) is 0.867. The first-order valence-corrected chi connectivity index (χ1v) is 25.8. The number of fused-ring (bicyclic) bond motifs is 2.